The van der Waals surface area contributed by atoms with Crippen molar-refractivity contribution in [3.8, 4) is 0 Å². The number of rotatable bonds is 2. The Morgan fingerprint density at radius 3 is 2.44 bits per heavy atom. The van der Waals surface area contributed by atoms with Gasteiger partial charge in [-0.05, 0) is 105 Å². The molecule has 0 spiro atoms. The molecule has 0 unspecified atom stereocenters. The van der Waals surface area contributed by atoms with Gasteiger partial charge in [-0.15, -0.1) is 0 Å². The molecular formula is C24H38O3. The van der Waals surface area contributed by atoms with Crippen molar-refractivity contribution >= 4 is 5.97 Å². The summed E-state index contributed by atoms with van der Waals surface area (Å²) in [7, 11) is 1.46. The van der Waals surface area contributed by atoms with Crippen LogP contribution in [-0.2, 0) is 9.53 Å². The number of fused-ring (bicyclic) bond motifs is 5. The number of allylic oxidation sites excluding steroid dienone is 1. The van der Waals surface area contributed by atoms with Gasteiger partial charge in [0.15, 0.2) is 0 Å². The first-order valence-electron chi connectivity index (χ1n) is 11.2. The number of hydrogen-bond acceptors (Lipinski definition) is 3. The fourth-order valence-corrected chi connectivity index (χ4v) is 8.05. The average Bonchev–Trinajstić information content (AvgIpc) is 2.96. The third-order valence-electron chi connectivity index (χ3n) is 9.69. The molecule has 3 heteroatoms. The molecule has 8 atom stereocenters. The zero-order chi connectivity index (χ0) is 19.4. The van der Waals surface area contributed by atoms with Crippen LogP contribution in [-0.4, -0.2) is 23.8 Å². The van der Waals surface area contributed by atoms with E-state index in [1.807, 2.05) is 6.92 Å². The summed E-state index contributed by atoms with van der Waals surface area (Å²) in [5.41, 5.74) is 0.318. The Morgan fingerprint density at radius 1 is 0.963 bits per heavy atom. The molecule has 0 aliphatic heterocycles. The number of esters is 1. The Balaban J connectivity index is 1.54. The summed E-state index contributed by atoms with van der Waals surface area (Å²) in [4.78, 5) is 11.6. The molecule has 0 amide bonds. The zero-order valence-electron chi connectivity index (χ0n) is 17.7. The van der Waals surface area contributed by atoms with Crippen molar-refractivity contribution in [3.05, 3.63) is 12.2 Å². The third kappa shape index (κ3) is 3.09. The number of aliphatic hydroxyl groups is 1. The van der Waals surface area contributed by atoms with Crippen molar-refractivity contribution in [3.63, 3.8) is 0 Å². The molecule has 0 saturated heterocycles. The molecule has 4 fully saturated rings. The second kappa shape index (κ2) is 6.61. The lowest BCUT2D eigenvalue weighted by atomic mass is 9.44. The minimum absolute atomic E-state index is 0.224. The van der Waals surface area contributed by atoms with Crippen molar-refractivity contribution in [2.24, 2.45) is 40.4 Å². The molecule has 0 radical (unpaired) electrons. The topological polar surface area (TPSA) is 46.5 Å². The van der Waals surface area contributed by atoms with Crippen LogP contribution >= 0.6 is 0 Å². The van der Waals surface area contributed by atoms with Crippen molar-refractivity contribution in [2.45, 2.75) is 84.2 Å². The van der Waals surface area contributed by atoms with Gasteiger partial charge in [0, 0.05) is 6.08 Å². The van der Waals surface area contributed by atoms with Gasteiger partial charge in [-0.3, -0.25) is 0 Å². The smallest absolute Gasteiger partial charge is 0.330 e. The predicted molar refractivity (Wildman–Crippen MR) is 107 cm³/mol. The van der Waals surface area contributed by atoms with Crippen molar-refractivity contribution in [1.29, 1.82) is 0 Å². The normalized spacial score (nSPS) is 52.1. The standard InChI is InChI=1S/C24H38O3/c1-22(26)13-14-24(3)17(15-22)5-8-18-19-9-6-16(7-10-21(25)27-4)23(19,2)12-11-20(18)24/h7,10,16-20,26H,5-6,8-9,11-15H2,1-4H3/b10-7+/t16-,17+,18+,19+,20+,22+,23-,24+/m1/s1. The first-order valence-corrected chi connectivity index (χ1v) is 11.2. The zero-order valence-corrected chi connectivity index (χ0v) is 17.7. The van der Waals surface area contributed by atoms with Crippen LogP contribution in [0.2, 0.25) is 0 Å². The second-order valence-electron chi connectivity index (χ2n) is 11.0. The summed E-state index contributed by atoms with van der Waals surface area (Å²) in [5, 5.41) is 10.6. The monoisotopic (exact) mass is 374 g/mol. The first kappa shape index (κ1) is 19.5. The van der Waals surface area contributed by atoms with Gasteiger partial charge in [0.05, 0.1) is 12.7 Å². The molecule has 0 aromatic carbocycles. The summed E-state index contributed by atoms with van der Waals surface area (Å²) in [6.45, 7) is 7.09. The van der Waals surface area contributed by atoms with Crippen LogP contribution < -0.4 is 0 Å². The van der Waals surface area contributed by atoms with Crippen LogP contribution in [0.25, 0.3) is 0 Å². The van der Waals surface area contributed by atoms with E-state index in [0.29, 0.717) is 22.7 Å². The molecule has 1 N–H and O–H groups in total. The molecule has 4 rings (SSSR count). The largest absolute Gasteiger partial charge is 0.466 e. The lowest BCUT2D eigenvalue weighted by Crippen LogP contribution is -2.55. The number of hydrogen-bond donors (Lipinski definition) is 1. The van der Waals surface area contributed by atoms with Crippen LogP contribution in [0, 0.1) is 40.4 Å². The Morgan fingerprint density at radius 2 is 1.70 bits per heavy atom. The molecule has 0 heterocycles. The van der Waals surface area contributed by atoms with E-state index in [1.54, 1.807) is 6.08 Å². The van der Waals surface area contributed by atoms with Gasteiger partial charge >= 0.3 is 5.97 Å². The second-order valence-corrected chi connectivity index (χ2v) is 11.0. The first-order chi connectivity index (χ1) is 12.7. The molecule has 0 aromatic rings. The lowest BCUT2D eigenvalue weighted by Gasteiger charge is -2.61. The number of carbonyl (C=O) groups excluding carboxylic acids is 1. The van der Waals surface area contributed by atoms with Crippen LogP contribution in [0.5, 0.6) is 0 Å². The van der Waals surface area contributed by atoms with Crippen molar-refractivity contribution < 1.29 is 14.6 Å². The van der Waals surface area contributed by atoms with Crippen molar-refractivity contribution in [2.75, 3.05) is 7.11 Å². The quantitative estimate of drug-likeness (QED) is 0.539. The minimum Gasteiger partial charge on any atom is -0.466 e. The summed E-state index contributed by atoms with van der Waals surface area (Å²) >= 11 is 0. The van der Waals surface area contributed by atoms with E-state index in [9.17, 15) is 9.90 Å². The Labute approximate surface area is 164 Å². The van der Waals surface area contributed by atoms with Gasteiger partial charge in [-0.1, -0.05) is 19.9 Å². The molecular weight excluding hydrogens is 336 g/mol. The van der Waals surface area contributed by atoms with Crippen LogP contribution in [0.1, 0.15) is 78.6 Å². The van der Waals surface area contributed by atoms with Crippen LogP contribution in [0.4, 0.5) is 0 Å². The van der Waals surface area contributed by atoms with Gasteiger partial charge < -0.3 is 9.84 Å². The minimum atomic E-state index is -0.447. The van der Waals surface area contributed by atoms with Gasteiger partial charge in [0.25, 0.3) is 0 Å². The van der Waals surface area contributed by atoms with E-state index >= 15 is 0 Å². The predicted octanol–water partition coefficient (Wildman–Crippen LogP) is 5.13. The maximum atomic E-state index is 11.6. The lowest BCUT2D eigenvalue weighted by molar-refractivity contribution is -0.144. The fraction of sp³-hybridized carbons (Fsp3) is 0.875. The maximum absolute atomic E-state index is 11.6. The highest BCUT2D eigenvalue weighted by Crippen LogP contribution is 2.68. The van der Waals surface area contributed by atoms with E-state index in [2.05, 4.69) is 19.9 Å². The molecule has 4 aliphatic rings. The SMILES string of the molecule is COC(=O)/C=C/[C@H]1CC[C@H]2[C@@H]3CC[C@H]4C[C@@](C)(O)CC[C@]4(C)[C@H]3CC[C@]12C. The molecule has 3 nitrogen and oxygen atoms in total. The van der Waals surface area contributed by atoms with E-state index in [1.165, 1.54) is 52.1 Å². The molecule has 27 heavy (non-hydrogen) atoms. The summed E-state index contributed by atoms with van der Waals surface area (Å²) in [5.74, 6) is 3.45. The number of ether oxygens (including phenoxy) is 1. The van der Waals surface area contributed by atoms with Gasteiger partial charge in [0.1, 0.15) is 0 Å². The number of methoxy groups -OCH3 is 1. The van der Waals surface area contributed by atoms with E-state index in [0.717, 1.165) is 30.6 Å². The molecule has 152 valence electrons. The van der Waals surface area contributed by atoms with E-state index in [-0.39, 0.29) is 5.97 Å². The molecule has 4 saturated carbocycles. The fourth-order valence-electron chi connectivity index (χ4n) is 8.05. The highest BCUT2D eigenvalue weighted by Gasteiger charge is 2.60. The van der Waals surface area contributed by atoms with E-state index < -0.39 is 5.60 Å². The highest BCUT2D eigenvalue weighted by atomic mass is 16.5. The average molecular weight is 375 g/mol. The summed E-state index contributed by atoms with van der Waals surface area (Å²) < 4.78 is 4.81. The summed E-state index contributed by atoms with van der Waals surface area (Å²) in [6, 6.07) is 0. The maximum Gasteiger partial charge on any atom is 0.330 e. The van der Waals surface area contributed by atoms with Crippen LogP contribution in [0.3, 0.4) is 0 Å². The van der Waals surface area contributed by atoms with Gasteiger partial charge in [-0.25, -0.2) is 4.79 Å². The Hall–Kier alpha value is -0.830. The third-order valence-corrected chi connectivity index (χ3v) is 9.69. The molecule has 4 aliphatic carbocycles. The van der Waals surface area contributed by atoms with Crippen LogP contribution in [0.15, 0.2) is 12.2 Å². The number of carbonyl (C=O) groups is 1. The van der Waals surface area contributed by atoms with Crippen molar-refractivity contribution in [1.82, 2.24) is 0 Å². The molecule has 0 aromatic heterocycles. The van der Waals surface area contributed by atoms with Gasteiger partial charge in [-0.2, -0.15) is 0 Å². The Kier molecular flexibility index (Phi) is 4.77. The highest BCUT2D eigenvalue weighted by molar-refractivity contribution is 5.81. The summed E-state index contributed by atoms with van der Waals surface area (Å²) in [6.07, 6.45) is 14.7. The Bertz CT molecular complexity index is 623. The molecule has 0 bridgehead atoms. The van der Waals surface area contributed by atoms with E-state index in [4.69, 9.17) is 4.74 Å². The van der Waals surface area contributed by atoms with Gasteiger partial charge in [0.2, 0.25) is 0 Å².